The van der Waals surface area contributed by atoms with E-state index in [2.05, 4.69) is 9.97 Å². The number of nitrogens with zero attached hydrogens (tertiary/aromatic N) is 3. The Morgan fingerprint density at radius 1 is 1.52 bits per heavy atom. The number of rotatable bonds is 4. The number of aliphatic hydroxyl groups is 3. The molecule has 1 fully saturated rings. The van der Waals surface area contributed by atoms with Gasteiger partial charge in [0.05, 0.1) is 19.1 Å². The Bertz CT molecular complexity index is 906. The van der Waals surface area contributed by atoms with E-state index < -0.39 is 36.6 Å². The highest BCUT2D eigenvalue weighted by molar-refractivity contribution is 6.00. The van der Waals surface area contributed by atoms with Crippen LogP contribution in [0, 0.1) is 0 Å². The average Bonchev–Trinajstić information content (AvgIpc) is 3.10. The molecule has 4 atom stereocenters. The van der Waals surface area contributed by atoms with Crippen LogP contribution in [0.2, 0.25) is 0 Å². The lowest BCUT2D eigenvalue weighted by Gasteiger charge is -2.27. The van der Waals surface area contributed by atoms with Crippen molar-refractivity contribution < 1.29 is 29.6 Å². The first-order chi connectivity index (χ1) is 12.7. The fourth-order valence-electron chi connectivity index (χ4n) is 3.27. The van der Waals surface area contributed by atoms with Gasteiger partial charge in [-0.05, 0) is 19.9 Å². The fourth-order valence-corrected chi connectivity index (χ4v) is 3.27. The van der Waals surface area contributed by atoms with Gasteiger partial charge in [0.25, 0.3) is 0 Å². The number of fused-ring (bicyclic) bond motifs is 1. The second-order valence-electron chi connectivity index (χ2n) is 6.65. The van der Waals surface area contributed by atoms with Crippen molar-refractivity contribution in [1.29, 1.82) is 0 Å². The molecule has 10 nitrogen and oxygen atoms in total. The molecule has 0 aromatic carbocycles. The quantitative estimate of drug-likeness (QED) is 0.411. The number of aromatic nitrogens is 3. The summed E-state index contributed by atoms with van der Waals surface area (Å²) in [5.74, 6) is -0.328. The highest BCUT2D eigenvalue weighted by Gasteiger charge is 2.53. The van der Waals surface area contributed by atoms with E-state index in [1.807, 2.05) is 0 Å². The number of carbonyl (C=O) groups is 1. The van der Waals surface area contributed by atoms with Crippen molar-refractivity contribution in [3.05, 3.63) is 23.7 Å². The third-order valence-electron chi connectivity index (χ3n) is 4.73. The first-order valence-electron chi connectivity index (χ1n) is 8.26. The van der Waals surface area contributed by atoms with Gasteiger partial charge < -0.3 is 35.1 Å². The van der Waals surface area contributed by atoms with Crippen LogP contribution in [0.4, 0.5) is 5.82 Å². The fraction of sp³-hybridized carbons (Fsp3) is 0.471. The zero-order chi connectivity index (χ0) is 19.9. The second kappa shape index (κ2) is 6.89. The number of methoxy groups -OCH3 is 1. The van der Waals surface area contributed by atoms with Crippen LogP contribution < -0.4 is 5.73 Å². The molecule has 0 saturated carbocycles. The van der Waals surface area contributed by atoms with E-state index in [4.69, 9.17) is 15.2 Å². The predicted octanol–water partition coefficient (Wildman–Crippen LogP) is -0.409. The van der Waals surface area contributed by atoms with Crippen molar-refractivity contribution in [2.45, 2.75) is 37.9 Å². The molecule has 0 aliphatic carbocycles. The SMILES string of the molecule is COC(=O)C(C)=Cc1cn(C2O[C@H](CO)[C@@H](O)[C@@]2(C)O)c2ncnc(N)c12. The van der Waals surface area contributed by atoms with Crippen LogP contribution >= 0.6 is 0 Å². The van der Waals surface area contributed by atoms with Crippen LogP contribution in [0.15, 0.2) is 18.1 Å². The van der Waals surface area contributed by atoms with Crippen molar-refractivity contribution in [1.82, 2.24) is 14.5 Å². The molecule has 3 rings (SSSR count). The van der Waals surface area contributed by atoms with E-state index >= 15 is 0 Å². The minimum Gasteiger partial charge on any atom is -0.466 e. The monoisotopic (exact) mass is 378 g/mol. The molecule has 2 aromatic rings. The smallest absolute Gasteiger partial charge is 0.333 e. The van der Waals surface area contributed by atoms with E-state index in [-0.39, 0.29) is 5.82 Å². The van der Waals surface area contributed by atoms with E-state index in [0.29, 0.717) is 22.2 Å². The Labute approximate surface area is 154 Å². The normalized spacial score (nSPS) is 28.7. The lowest BCUT2D eigenvalue weighted by molar-refractivity contribution is -0.135. The molecule has 1 aliphatic rings. The standard InChI is InChI=1S/C17H22N4O6/c1-8(15(24)26-3)4-9-5-21(14-11(9)13(18)19-7-20-14)16-17(2,25)12(23)10(6-22)27-16/h4-5,7,10,12,16,22-23,25H,6H2,1-3H3,(H2,18,19,20)/t10-,12-,16?,17-/m1/s1. The van der Waals surface area contributed by atoms with Gasteiger partial charge in [0, 0.05) is 17.3 Å². The first kappa shape index (κ1) is 19.2. The van der Waals surface area contributed by atoms with Crippen LogP contribution in [0.3, 0.4) is 0 Å². The maximum absolute atomic E-state index is 11.7. The van der Waals surface area contributed by atoms with Crippen molar-refractivity contribution in [2.75, 3.05) is 19.5 Å². The van der Waals surface area contributed by atoms with Crippen molar-refractivity contribution >= 4 is 28.9 Å². The molecule has 1 unspecified atom stereocenters. The van der Waals surface area contributed by atoms with Crippen molar-refractivity contribution in [3.63, 3.8) is 0 Å². The molecule has 10 heteroatoms. The summed E-state index contributed by atoms with van der Waals surface area (Å²) < 4.78 is 11.9. The number of nitrogen functional groups attached to an aromatic ring is 1. The van der Waals surface area contributed by atoms with Gasteiger partial charge in [-0.3, -0.25) is 0 Å². The van der Waals surface area contributed by atoms with Crippen LogP contribution in [-0.2, 0) is 14.3 Å². The van der Waals surface area contributed by atoms with Gasteiger partial charge in [-0.2, -0.15) is 0 Å². The number of nitrogens with two attached hydrogens (primary N) is 1. The Hall–Kier alpha value is -2.53. The molecule has 5 N–H and O–H groups in total. The summed E-state index contributed by atoms with van der Waals surface area (Å²) in [6, 6.07) is 0. The minimum atomic E-state index is -1.70. The molecule has 0 bridgehead atoms. The summed E-state index contributed by atoms with van der Waals surface area (Å²) in [7, 11) is 1.28. The van der Waals surface area contributed by atoms with Crippen molar-refractivity contribution in [3.8, 4) is 0 Å². The molecule has 3 heterocycles. The Morgan fingerprint density at radius 2 is 2.22 bits per heavy atom. The highest BCUT2D eigenvalue weighted by atomic mass is 16.6. The molecule has 0 amide bonds. The number of esters is 1. The maximum atomic E-state index is 11.7. The molecule has 1 saturated heterocycles. The molecular weight excluding hydrogens is 356 g/mol. The number of anilines is 1. The molecule has 27 heavy (non-hydrogen) atoms. The Kier molecular flexibility index (Phi) is 4.91. The van der Waals surface area contributed by atoms with Gasteiger partial charge in [-0.15, -0.1) is 0 Å². The summed E-state index contributed by atoms with van der Waals surface area (Å²) in [6.07, 6.45) is 1.11. The van der Waals surface area contributed by atoms with Gasteiger partial charge in [0.15, 0.2) is 6.23 Å². The zero-order valence-electron chi connectivity index (χ0n) is 15.2. The van der Waals surface area contributed by atoms with Crippen LogP contribution in [-0.4, -0.2) is 67.3 Å². The van der Waals surface area contributed by atoms with Crippen LogP contribution in [0.25, 0.3) is 17.1 Å². The Morgan fingerprint density at radius 3 is 2.81 bits per heavy atom. The van der Waals surface area contributed by atoms with E-state index in [0.717, 1.165) is 0 Å². The number of carbonyl (C=O) groups excluding carboxylic acids is 1. The van der Waals surface area contributed by atoms with Gasteiger partial charge in [-0.25, -0.2) is 14.8 Å². The lowest BCUT2D eigenvalue weighted by Crippen LogP contribution is -2.44. The molecule has 1 aliphatic heterocycles. The number of ether oxygens (including phenoxy) is 2. The maximum Gasteiger partial charge on any atom is 0.333 e. The second-order valence-corrected chi connectivity index (χ2v) is 6.65. The molecule has 0 radical (unpaired) electrons. The molecule has 146 valence electrons. The minimum absolute atomic E-state index is 0.180. The van der Waals surface area contributed by atoms with Gasteiger partial charge >= 0.3 is 5.97 Å². The van der Waals surface area contributed by atoms with Gasteiger partial charge in [-0.1, -0.05) is 0 Å². The van der Waals surface area contributed by atoms with Gasteiger partial charge in [0.2, 0.25) is 0 Å². The van der Waals surface area contributed by atoms with E-state index in [1.54, 1.807) is 19.2 Å². The van der Waals surface area contributed by atoms with E-state index in [1.165, 1.54) is 24.9 Å². The highest BCUT2D eigenvalue weighted by Crippen LogP contribution is 2.41. The summed E-state index contributed by atoms with van der Waals surface area (Å²) in [5.41, 5.74) is 5.50. The largest absolute Gasteiger partial charge is 0.466 e. The summed E-state index contributed by atoms with van der Waals surface area (Å²) >= 11 is 0. The van der Waals surface area contributed by atoms with Crippen LogP contribution in [0.1, 0.15) is 25.6 Å². The molecule has 0 spiro atoms. The lowest BCUT2D eigenvalue weighted by atomic mass is 9.96. The number of aliphatic hydroxyl groups excluding tert-OH is 2. The summed E-state index contributed by atoms with van der Waals surface area (Å²) in [4.78, 5) is 19.9. The van der Waals surface area contributed by atoms with Crippen LogP contribution in [0.5, 0.6) is 0 Å². The third-order valence-corrected chi connectivity index (χ3v) is 4.73. The van der Waals surface area contributed by atoms with Gasteiger partial charge in [0.1, 0.15) is 35.6 Å². The third kappa shape index (κ3) is 3.06. The number of hydrogen-bond donors (Lipinski definition) is 4. The molecule has 2 aromatic heterocycles. The zero-order valence-corrected chi connectivity index (χ0v) is 15.2. The summed E-state index contributed by atoms with van der Waals surface area (Å²) in [5, 5.41) is 30.9. The topological polar surface area (TPSA) is 153 Å². The number of hydrogen-bond acceptors (Lipinski definition) is 9. The van der Waals surface area contributed by atoms with E-state index in [9.17, 15) is 20.1 Å². The Balaban J connectivity index is 2.19. The predicted molar refractivity (Wildman–Crippen MR) is 95.2 cm³/mol. The first-order valence-corrected chi connectivity index (χ1v) is 8.26. The molecular formula is C17H22N4O6. The summed E-state index contributed by atoms with van der Waals surface area (Å²) in [6.45, 7) is 2.53. The van der Waals surface area contributed by atoms with Crippen molar-refractivity contribution in [2.24, 2.45) is 0 Å². The average molecular weight is 378 g/mol.